The normalized spacial score (nSPS) is 16.0. The summed E-state index contributed by atoms with van der Waals surface area (Å²) in [5.41, 5.74) is 0. The van der Waals surface area contributed by atoms with Gasteiger partial charge >= 0.3 is 30.3 Å². The molecular formula is C6H9O3Ta-. The van der Waals surface area contributed by atoms with E-state index in [9.17, 15) is 4.79 Å². The van der Waals surface area contributed by atoms with Gasteiger partial charge in [0.1, 0.15) is 0 Å². The van der Waals surface area contributed by atoms with Crippen molar-refractivity contribution >= 4 is 5.97 Å². The molecule has 1 aliphatic carbocycles. The first-order valence-corrected chi connectivity index (χ1v) is 4.23. The molecule has 1 saturated carbocycles. The van der Waals surface area contributed by atoms with Crippen LogP contribution < -0.4 is 0 Å². The van der Waals surface area contributed by atoms with Crippen molar-refractivity contribution in [1.29, 1.82) is 0 Å². The first-order chi connectivity index (χ1) is 4.84. The van der Waals surface area contributed by atoms with E-state index in [1.165, 1.54) is 7.11 Å². The number of carbonyl (C=O) groups is 1. The monoisotopic (exact) mass is 310 g/mol. The molecule has 0 amide bonds. The topological polar surface area (TPSA) is 43.4 Å². The van der Waals surface area contributed by atoms with Crippen LogP contribution in [-0.2, 0) is 33.8 Å². The molecule has 1 fully saturated rings. The minimum atomic E-state index is -0.0625. The fourth-order valence-electron chi connectivity index (χ4n) is 0.692. The van der Waals surface area contributed by atoms with Crippen LogP contribution in [0.25, 0.3) is 0 Å². The number of ether oxygens (including phenoxy) is 1. The average molecular weight is 310 g/mol. The summed E-state index contributed by atoms with van der Waals surface area (Å²) < 4.78 is 12.9. The number of carbonyl (C=O) groups excluding carboxylic acids is 1. The predicted molar refractivity (Wildman–Crippen MR) is 29.7 cm³/mol. The third kappa shape index (κ3) is 2.73. The molecule has 0 bridgehead atoms. The van der Waals surface area contributed by atoms with Crippen LogP contribution in [0.2, 0.25) is 0 Å². The third-order valence-electron chi connectivity index (χ3n) is 1.44. The Hall–Kier alpha value is 0.0103. The van der Waals surface area contributed by atoms with Crippen molar-refractivity contribution in [2.75, 3.05) is 7.11 Å². The predicted octanol–water partition coefficient (Wildman–Crippen LogP) is 0.652. The zero-order valence-electron chi connectivity index (χ0n) is 5.74. The first-order valence-electron chi connectivity index (χ1n) is 2.92. The summed E-state index contributed by atoms with van der Waals surface area (Å²) in [7, 11) is 1.43. The second-order valence-corrected chi connectivity index (χ2v) is 1.98. The van der Waals surface area contributed by atoms with Gasteiger partial charge in [-0.2, -0.15) is 12.8 Å². The number of rotatable bonds is 1. The summed E-state index contributed by atoms with van der Waals surface area (Å²) in [6, 6.07) is 0. The van der Waals surface area contributed by atoms with Crippen LogP contribution in [0.3, 0.4) is 0 Å². The number of hydrogen-bond donors (Lipinski definition) is 0. The quantitative estimate of drug-likeness (QED) is 0.528. The fraction of sp³-hybridized carbons (Fsp3) is 0.667. The van der Waals surface area contributed by atoms with Gasteiger partial charge < -0.3 is 11.2 Å². The SMILES string of the molecule is COC(=O)C1C[CH-]C1.[O]=[Ta]. The van der Waals surface area contributed by atoms with Gasteiger partial charge in [0.2, 0.25) is 0 Å². The molecular weight excluding hydrogens is 301 g/mol. The van der Waals surface area contributed by atoms with E-state index in [2.05, 4.69) is 11.2 Å². The van der Waals surface area contributed by atoms with Crippen LogP contribution in [0.15, 0.2) is 0 Å². The Balaban J connectivity index is 0.000000371. The summed E-state index contributed by atoms with van der Waals surface area (Å²) in [6.45, 7) is 0. The van der Waals surface area contributed by atoms with Gasteiger partial charge in [-0.3, -0.25) is 4.79 Å². The molecule has 1 aliphatic rings. The van der Waals surface area contributed by atoms with Gasteiger partial charge in [0.15, 0.2) is 0 Å². The molecule has 10 heavy (non-hydrogen) atoms. The third-order valence-corrected chi connectivity index (χ3v) is 1.44. The van der Waals surface area contributed by atoms with E-state index in [0.717, 1.165) is 12.8 Å². The molecule has 0 unspecified atom stereocenters. The van der Waals surface area contributed by atoms with Crippen molar-refractivity contribution in [2.45, 2.75) is 12.8 Å². The molecule has 0 heterocycles. The van der Waals surface area contributed by atoms with E-state index in [4.69, 9.17) is 3.25 Å². The summed E-state index contributed by atoms with van der Waals surface area (Å²) in [4.78, 5) is 10.6. The van der Waals surface area contributed by atoms with Gasteiger partial charge in [-0.05, 0) is 0 Å². The van der Waals surface area contributed by atoms with Crippen LogP contribution >= 0.6 is 0 Å². The van der Waals surface area contributed by atoms with Crippen LogP contribution in [0.1, 0.15) is 12.8 Å². The summed E-state index contributed by atoms with van der Waals surface area (Å²) in [6.07, 6.45) is 3.90. The van der Waals surface area contributed by atoms with E-state index in [-0.39, 0.29) is 32.9 Å². The van der Waals surface area contributed by atoms with Crippen molar-refractivity contribution < 1.29 is 33.8 Å². The molecule has 0 atom stereocenters. The minimum absolute atomic E-state index is 0.0625. The van der Waals surface area contributed by atoms with E-state index in [1.54, 1.807) is 0 Å². The zero-order chi connectivity index (χ0) is 7.98. The molecule has 3 nitrogen and oxygen atoms in total. The number of methoxy groups -OCH3 is 1. The van der Waals surface area contributed by atoms with E-state index in [0.29, 0.717) is 0 Å². The van der Waals surface area contributed by atoms with Crippen LogP contribution in [0.5, 0.6) is 0 Å². The van der Waals surface area contributed by atoms with Gasteiger partial charge in [-0.1, -0.05) is 0 Å². The molecule has 0 spiro atoms. The second-order valence-electron chi connectivity index (χ2n) is 1.98. The molecule has 4 heteroatoms. The summed E-state index contributed by atoms with van der Waals surface area (Å²) >= 11 is 0.194. The standard InChI is InChI=1S/C6H9O2.O.Ta/c1-8-6(7)5-3-2-4-5;;/h2,5H,3-4H2,1H3;;/q-1;;. The maximum atomic E-state index is 10.6. The van der Waals surface area contributed by atoms with Crippen molar-refractivity contribution in [3.05, 3.63) is 6.42 Å². The Morgan fingerprint density at radius 2 is 2.10 bits per heavy atom. The maximum absolute atomic E-state index is 10.6. The Morgan fingerprint density at radius 3 is 2.20 bits per heavy atom. The zero-order valence-corrected chi connectivity index (χ0v) is 8.95. The van der Waals surface area contributed by atoms with Crippen LogP contribution in [-0.4, -0.2) is 13.1 Å². The second kappa shape index (κ2) is 5.77. The van der Waals surface area contributed by atoms with E-state index in [1.807, 2.05) is 0 Å². The van der Waals surface area contributed by atoms with Crippen LogP contribution in [0.4, 0.5) is 0 Å². The molecule has 0 saturated heterocycles. The molecule has 0 aromatic rings. The van der Waals surface area contributed by atoms with Crippen molar-refractivity contribution in [3.8, 4) is 0 Å². The number of hydrogen-bond acceptors (Lipinski definition) is 3. The summed E-state index contributed by atoms with van der Waals surface area (Å²) in [5.74, 6) is 0.118. The Bertz CT molecular complexity index is 112. The van der Waals surface area contributed by atoms with Gasteiger partial charge in [-0.15, -0.1) is 0 Å². The van der Waals surface area contributed by atoms with E-state index >= 15 is 0 Å². The molecule has 57 valence electrons. The van der Waals surface area contributed by atoms with Gasteiger partial charge in [0.05, 0.1) is 7.11 Å². The van der Waals surface area contributed by atoms with Gasteiger partial charge in [0, 0.05) is 5.92 Å². The number of esters is 1. The first kappa shape index (κ1) is 10.0. The van der Waals surface area contributed by atoms with Crippen molar-refractivity contribution in [2.24, 2.45) is 5.92 Å². The average Bonchev–Trinajstić information content (AvgIpc) is 1.89. The van der Waals surface area contributed by atoms with Gasteiger partial charge in [0.25, 0.3) is 0 Å². The molecule has 1 rings (SSSR count). The van der Waals surface area contributed by atoms with Crippen LogP contribution in [0, 0.1) is 12.3 Å². The molecule has 0 aromatic carbocycles. The van der Waals surface area contributed by atoms with Crippen molar-refractivity contribution in [3.63, 3.8) is 0 Å². The Labute approximate surface area is 72.4 Å². The molecule has 0 radical (unpaired) electrons. The summed E-state index contributed by atoms with van der Waals surface area (Å²) in [5, 5.41) is 0. The van der Waals surface area contributed by atoms with Gasteiger partial charge in [-0.25, -0.2) is 0 Å². The fourth-order valence-corrected chi connectivity index (χ4v) is 0.692. The molecule has 0 N–H and O–H groups in total. The Morgan fingerprint density at radius 1 is 1.60 bits per heavy atom. The Kier molecular flexibility index (Phi) is 5.78. The van der Waals surface area contributed by atoms with Crippen molar-refractivity contribution in [1.82, 2.24) is 0 Å². The molecule has 0 aromatic heterocycles. The van der Waals surface area contributed by atoms with E-state index < -0.39 is 0 Å². The molecule has 0 aliphatic heterocycles.